The Morgan fingerprint density at radius 1 is 1.16 bits per heavy atom. The van der Waals surface area contributed by atoms with Crippen molar-refractivity contribution >= 4 is 21.8 Å². The minimum Gasteiger partial charge on any atom is -0.491 e. The van der Waals surface area contributed by atoms with Crippen LogP contribution in [0.25, 0.3) is 21.8 Å². The Balaban J connectivity index is 1.27. The topological polar surface area (TPSA) is 41.2 Å². The van der Waals surface area contributed by atoms with Crippen LogP contribution in [0.3, 0.4) is 0 Å². The normalized spacial score (nSPS) is 16.0. The highest BCUT2D eigenvalue weighted by atomic mass is 19.1. The van der Waals surface area contributed by atoms with Crippen molar-refractivity contribution in [2.24, 2.45) is 0 Å². The van der Waals surface area contributed by atoms with E-state index in [1.54, 1.807) is 6.07 Å². The largest absolute Gasteiger partial charge is 0.491 e. The van der Waals surface area contributed by atoms with Gasteiger partial charge in [-0.2, -0.15) is 0 Å². The molecule has 160 valence electrons. The minimum absolute atomic E-state index is 0.179. The molecule has 3 heterocycles. The van der Waals surface area contributed by atoms with Crippen molar-refractivity contribution < 1.29 is 9.13 Å². The summed E-state index contributed by atoms with van der Waals surface area (Å²) in [6, 6.07) is 13.7. The number of rotatable bonds is 7. The monoisotopic (exact) mass is 417 g/mol. The molecule has 0 spiro atoms. The highest BCUT2D eigenvalue weighted by Gasteiger charge is 2.26. The summed E-state index contributed by atoms with van der Waals surface area (Å²) in [6.45, 7) is 5.00. The summed E-state index contributed by atoms with van der Waals surface area (Å²) in [7, 11) is 0. The molecule has 0 aliphatic carbocycles. The second-order valence-electron chi connectivity index (χ2n) is 8.44. The number of aromatic nitrogens is 2. The van der Waals surface area contributed by atoms with E-state index in [0.717, 1.165) is 66.3 Å². The fourth-order valence-electron chi connectivity index (χ4n) is 4.82. The van der Waals surface area contributed by atoms with Gasteiger partial charge < -0.3 is 9.72 Å². The van der Waals surface area contributed by atoms with Gasteiger partial charge in [0, 0.05) is 34.7 Å². The van der Waals surface area contributed by atoms with E-state index in [1.165, 1.54) is 17.2 Å². The number of halogens is 1. The van der Waals surface area contributed by atoms with Crippen molar-refractivity contribution in [3.63, 3.8) is 0 Å². The molecule has 0 bridgehead atoms. The molecule has 0 fully saturated rings. The molecule has 0 unspecified atom stereocenters. The number of nitrogens with one attached hydrogen (secondary N) is 1. The van der Waals surface area contributed by atoms with Crippen LogP contribution in [0.2, 0.25) is 0 Å². The third-order valence-corrected chi connectivity index (χ3v) is 6.34. The number of aryl methyl sites for hydroxylation is 1. The van der Waals surface area contributed by atoms with Gasteiger partial charge in [0.1, 0.15) is 18.2 Å². The van der Waals surface area contributed by atoms with Crippen LogP contribution in [-0.2, 0) is 12.8 Å². The van der Waals surface area contributed by atoms with E-state index in [1.807, 2.05) is 24.5 Å². The molecule has 2 aromatic carbocycles. The molecule has 4 aromatic rings. The number of ether oxygens (including phenoxy) is 1. The molecule has 0 saturated carbocycles. The van der Waals surface area contributed by atoms with Gasteiger partial charge in [0.2, 0.25) is 0 Å². The summed E-state index contributed by atoms with van der Waals surface area (Å²) in [5.41, 5.74) is 4.45. The quantitative estimate of drug-likeness (QED) is 0.431. The van der Waals surface area contributed by atoms with Crippen molar-refractivity contribution in [2.45, 2.75) is 38.6 Å². The average molecular weight is 418 g/mol. The summed E-state index contributed by atoms with van der Waals surface area (Å²) >= 11 is 0. The van der Waals surface area contributed by atoms with E-state index in [4.69, 9.17) is 4.74 Å². The Bertz CT molecular complexity index is 1200. The first-order valence-electron chi connectivity index (χ1n) is 11.2. The predicted molar refractivity (Wildman–Crippen MR) is 123 cm³/mol. The zero-order valence-electron chi connectivity index (χ0n) is 17.9. The maximum Gasteiger partial charge on any atom is 0.132 e. The molecule has 0 amide bonds. The Labute approximate surface area is 182 Å². The number of H-pyrrole nitrogens is 1. The second-order valence-corrected chi connectivity index (χ2v) is 8.44. The Morgan fingerprint density at radius 3 is 3.00 bits per heavy atom. The van der Waals surface area contributed by atoms with Crippen molar-refractivity contribution in [2.75, 3.05) is 19.7 Å². The number of aromatic amines is 1. The van der Waals surface area contributed by atoms with Crippen LogP contribution in [0.15, 0.2) is 54.9 Å². The fraction of sp³-hybridized carbons (Fsp3) is 0.346. The van der Waals surface area contributed by atoms with E-state index in [2.05, 4.69) is 40.0 Å². The third kappa shape index (κ3) is 4.02. The first-order valence-corrected chi connectivity index (χ1v) is 11.2. The number of fused-ring (bicyclic) bond motifs is 4. The van der Waals surface area contributed by atoms with Crippen LogP contribution in [-0.4, -0.2) is 40.6 Å². The van der Waals surface area contributed by atoms with Crippen LogP contribution in [0, 0.1) is 5.82 Å². The lowest BCUT2D eigenvalue weighted by molar-refractivity contribution is 0.119. The van der Waals surface area contributed by atoms with E-state index in [0.29, 0.717) is 12.6 Å². The summed E-state index contributed by atoms with van der Waals surface area (Å²) < 4.78 is 19.9. The van der Waals surface area contributed by atoms with Crippen molar-refractivity contribution in [1.82, 2.24) is 14.9 Å². The molecule has 5 rings (SSSR count). The zero-order valence-corrected chi connectivity index (χ0v) is 17.9. The summed E-state index contributed by atoms with van der Waals surface area (Å²) in [5.74, 6) is 0.820. The number of pyridine rings is 1. The van der Waals surface area contributed by atoms with Gasteiger partial charge in [0.25, 0.3) is 0 Å². The van der Waals surface area contributed by atoms with E-state index in [-0.39, 0.29) is 5.82 Å². The van der Waals surface area contributed by atoms with Crippen molar-refractivity contribution in [3.05, 3.63) is 71.8 Å². The molecule has 2 aromatic heterocycles. The smallest absolute Gasteiger partial charge is 0.132 e. The molecule has 1 N–H and O–H groups in total. The standard InChI is InChI=1S/C26H28FN3O/c1-2-12-30(13-4-5-19-16-29-25-10-8-20(27)15-23(19)25)21-14-18-7-9-24-22(6-3-11-28-24)26(18)31-17-21/h3,6-11,15-16,21,29H,2,4-5,12-14,17H2,1H3/t21-/m1/s1. The number of benzene rings is 2. The van der Waals surface area contributed by atoms with Gasteiger partial charge in [0.15, 0.2) is 0 Å². The lowest BCUT2D eigenvalue weighted by Crippen LogP contribution is -2.44. The summed E-state index contributed by atoms with van der Waals surface area (Å²) in [6.07, 6.45) is 7.93. The van der Waals surface area contributed by atoms with Gasteiger partial charge in [-0.1, -0.05) is 13.0 Å². The van der Waals surface area contributed by atoms with Gasteiger partial charge in [0.05, 0.1) is 5.52 Å². The molecule has 1 aliphatic heterocycles. The van der Waals surface area contributed by atoms with Crippen molar-refractivity contribution in [3.8, 4) is 5.75 Å². The van der Waals surface area contributed by atoms with Gasteiger partial charge >= 0.3 is 0 Å². The second kappa shape index (κ2) is 8.67. The number of nitrogens with zero attached hydrogens (tertiary/aromatic N) is 2. The van der Waals surface area contributed by atoms with E-state index in [9.17, 15) is 4.39 Å². The molecular weight excluding hydrogens is 389 g/mol. The highest BCUT2D eigenvalue weighted by Crippen LogP contribution is 2.33. The molecule has 1 atom stereocenters. The summed E-state index contributed by atoms with van der Waals surface area (Å²) in [4.78, 5) is 10.3. The molecular formula is C26H28FN3O. The maximum atomic E-state index is 13.7. The zero-order chi connectivity index (χ0) is 21.2. The third-order valence-electron chi connectivity index (χ3n) is 6.34. The van der Waals surface area contributed by atoms with Gasteiger partial charge in [-0.05, 0) is 86.3 Å². The van der Waals surface area contributed by atoms with Crippen LogP contribution in [0.1, 0.15) is 30.9 Å². The van der Waals surface area contributed by atoms with Gasteiger partial charge in [-0.3, -0.25) is 9.88 Å². The molecule has 0 radical (unpaired) electrons. The van der Waals surface area contributed by atoms with Crippen LogP contribution >= 0.6 is 0 Å². The Hall–Kier alpha value is -2.92. The molecule has 0 saturated heterocycles. The SMILES string of the molecule is CCCN(CCCc1c[nH]c2ccc(F)cc12)[C@H]1COc2c(ccc3ncccc23)C1. The predicted octanol–water partition coefficient (Wildman–Crippen LogP) is 5.50. The van der Waals surface area contributed by atoms with Crippen LogP contribution in [0.4, 0.5) is 4.39 Å². The molecule has 4 nitrogen and oxygen atoms in total. The van der Waals surface area contributed by atoms with Crippen LogP contribution in [0.5, 0.6) is 5.75 Å². The molecule has 31 heavy (non-hydrogen) atoms. The number of hydrogen-bond donors (Lipinski definition) is 1. The van der Waals surface area contributed by atoms with Crippen LogP contribution < -0.4 is 4.74 Å². The molecule has 1 aliphatic rings. The lowest BCUT2D eigenvalue weighted by Gasteiger charge is -2.35. The van der Waals surface area contributed by atoms with Crippen molar-refractivity contribution in [1.29, 1.82) is 0 Å². The van der Waals surface area contributed by atoms with Gasteiger partial charge in [-0.25, -0.2) is 4.39 Å². The molecule has 5 heteroatoms. The maximum absolute atomic E-state index is 13.7. The first-order chi connectivity index (χ1) is 15.2. The van der Waals surface area contributed by atoms with Gasteiger partial charge in [-0.15, -0.1) is 0 Å². The lowest BCUT2D eigenvalue weighted by atomic mass is 9.98. The minimum atomic E-state index is -0.179. The fourth-order valence-corrected chi connectivity index (χ4v) is 4.82. The number of hydrogen-bond acceptors (Lipinski definition) is 3. The first kappa shape index (κ1) is 20.0. The average Bonchev–Trinajstić information content (AvgIpc) is 3.20. The Kier molecular flexibility index (Phi) is 5.60. The Morgan fingerprint density at radius 2 is 2.10 bits per heavy atom. The van der Waals surface area contributed by atoms with E-state index >= 15 is 0 Å². The summed E-state index contributed by atoms with van der Waals surface area (Å²) in [5, 5.41) is 2.10. The van der Waals surface area contributed by atoms with E-state index < -0.39 is 0 Å². The highest BCUT2D eigenvalue weighted by molar-refractivity contribution is 5.86.